The molecule has 0 saturated heterocycles. The van der Waals surface area contributed by atoms with Gasteiger partial charge in [-0.1, -0.05) is 26.2 Å². The third-order valence-electron chi connectivity index (χ3n) is 4.63. The first-order valence-corrected chi connectivity index (χ1v) is 7.66. The SMILES string of the molecule is CCC1CCC(C(NN)c2ccnn2C(C)C)CC1. The third kappa shape index (κ3) is 3.18. The monoisotopic (exact) mass is 264 g/mol. The van der Waals surface area contributed by atoms with Crippen LogP contribution in [0.5, 0.6) is 0 Å². The van der Waals surface area contributed by atoms with Crippen LogP contribution in [0, 0.1) is 11.8 Å². The Morgan fingerprint density at radius 3 is 2.58 bits per heavy atom. The number of hydrazine groups is 1. The zero-order chi connectivity index (χ0) is 13.8. The van der Waals surface area contributed by atoms with Gasteiger partial charge in [-0.15, -0.1) is 0 Å². The number of nitrogens with two attached hydrogens (primary N) is 1. The minimum Gasteiger partial charge on any atom is -0.271 e. The molecule has 0 spiro atoms. The molecule has 4 heteroatoms. The lowest BCUT2D eigenvalue weighted by molar-refractivity contribution is 0.212. The van der Waals surface area contributed by atoms with Crippen LogP contribution in [0.15, 0.2) is 12.3 Å². The highest BCUT2D eigenvalue weighted by atomic mass is 15.3. The van der Waals surface area contributed by atoms with Gasteiger partial charge in [0.05, 0.1) is 11.7 Å². The Morgan fingerprint density at radius 2 is 2.05 bits per heavy atom. The molecule has 0 radical (unpaired) electrons. The molecule has 1 aliphatic carbocycles. The van der Waals surface area contributed by atoms with Crippen molar-refractivity contribution in [2.45, 2.75) is 65.0 Å². The molecule has 0 aliphatic heterocycles. The Hall–Kier alpha value is -0.870. The van der Waals surface area contributed by atoms with Crippen LogP contribution >= 0.6 is 0 Å². The molecule has 2 rings (SSSR count). The number of nitrogens with one attached hydrogen (secondary N) is 1. The lowest BCUT2D eigenvalue weighted by atomic mass is 9.77. The van der Waals surface area contributed by atoms with Crippen molar-refractivity contribution in [3.63, 3.8) is 0 Å². The summed E-state index contributed by atoms with van der Waals surface area (Å²) < 4.78 is 2.09. The van der Waals surface area contributed by atoms with Crippen molar-refractivity contribution >= 4 is 0 Å². The van der Waals surface area contributed by atoms with Gasteiger partial charge in [0.15, 0.2) is 0 Å². The molecule has 1 aliphatic rings. The van der Waals surface area contributed by atoms with Crippen LogP contribution in [0.4, 0.5) is 0 Å². The van der Waals surface area contributed by atoms with Crippen LogP contribution in [-0.2, 0) is 0 Å². The summed E-state index contributed by atoms with van der Waals surface area (Å²) in [5, 5.41) is 4.43. The molecule has 1 fully saturated rings. The van der Waals surface area contributed by atoms with Crippen molar-refractivity contribution in [1.82, 2.24) is 15.2 Å². The first-order valence-electron chi connectivity index (χ1n) is 7.66. The van der Waals surface area contributed by atoms with E-state index < -0.39 is 0 Å². The van der Waals surface area contributed by atoms with E-state index in [4.69, 9.17) is 5.84 Å². The van der Waals surface area contributed by atoms with Gasteiger partial charge in [-0.25, -0.2) is 0 Å². The molecule has 19 heavy (non-hydrogen) atoms. The van der Waals surface area contributed by atoms with Gasteiger partial charge in [0, 0.05) is 12.2 Å². The molecule has 1 heterocycles. The predicted octanol–water partition coefficient (Wildman–Crippen LogP) is 3.18. The van der Waals surface area contributed by atoms with Crippen LogP contribution < -0.4 is 11.3 Å². The van der Waals surface area contributed by atoms with E-state index in [2.05, 4.69) is 42.0 Å². The first-order chi connectivity index (χ1) is 9.17. The van der Waals surface area contributed by atoms with Crippen LogP contribution in [0.1, 0.15) is 70.7 Å². The molecule has 3 N–H and O–H groups in total. The standard InChI is InChI=1S/C15H28N4/c1-4-12-5-7-13(8-6-12)15(18-16)14-9-10-17-19(14)11(2)3/h9-13,15,18H,4-8,16H2,1-3H3. The van der Waals surface area contributed by atoms with Crippen LogP contribution in [0.25, 0.3) is 0 Å². The van der Waals surface area contributed by atoms with Crippen LogP contribution in [0.2, 0.25) is 0 Å². The minimum absolute atomic E-state index is 0.239. The fourth-order valence-corrected chi connectivity index (χ4v) is 3.39. The molecule has 0 amide bonds. The molecule has 1 saturated carbocycles. The van der Waals surface area contributed by atoms with E-state index in [0.29, 0.717) is 12.0 Å². The van der Waals surface area contributed by atoms with Gasteiger partial charge in [-0.2, -0.15) is 5.10 Å². The van der Waals surface area contributed by atoms with Crippen LogP contribution in [0.3, 0.4) is 0 Å². The van der Waals surface area contributed by atoms with Crippen molar-refractivity contribution in [2.24, 2.45) is 17.7 Å². The van der Waals surface area contributed by atoms with Crippen molar-refractivity contribution in [3.8, 4) is 0 Å². The maximum Gasteiger partial charge on any atom is 0.0657 e. The zero-order valence-corrected chi connectivity index (χ0v) is 12.5. The van der Waals surface area contributed by atoms with E-state index in [-0.39, 0.29) is 6.04 Å². The molecule has 0 aromatic carbocycles. The quantitative estimate of drug-likeness (QED) is 0.634. The minimum atomic E-state index is 0.239. The molecule has 1 aromatic rings. The lowest BCUT2D eigenvalue weighted by Crippen LogP contribution is -2.37. The molecular formula is C15H28N4. The van der Waals surface area contributed by atoms with Gasteiger partial charge < -0.3 is 0 Å². The highest BCUT2D eigenvalue weighted by Gasteiger charge is 2.29. The van der Waals surface area contributed by atoms with Gasteiger partial charge >= 0.3 is 0 Å². The van der Waals surface area contributed by atoms with E-state index in [1.807, 2.05) is 6.20 Å². The first kappa shape index (κ1) is 14.5. The van der Waals surface area contributed by atoms with Crippen molar-refractivity contribution in [3.05, 3.63) is 18.0 Å². The molecule has 108 valence electrons. The summed E-state index contributed by atoms with van der Waals surface area (Å²) in [4.78, 5) is 0. The Kier molecular flexibility index (Phi) is 4.99. The summed E-state index contributed by atoms with van der Waals surface area (Å²) in [6, 6.07) is 2.73. The molecule has 4 nitrogen and oxygen atoms in total. The van der Waals surface area contributed by atoms with E-state index in [9.17, 15) is 0 Å². The number of hydrogen-bond acceptors (Lipinski definition) is 3. The second kappa shape index (κ2) is 6.53. The summed E-state index contributed by atoms with van der Waals surface area (Å²) in [7, 11) is 0. The van der Waals surface area contributed by atoms with Crippen molar-refractivity contribution in [2.75, 3.05) is 0 Å². The number of nitrogens with zero attached hydrogens (tertiary/aromatic N) is 2. The number of aromatic nitrogens is 2. The second-order valence-corrected chi connectivity index (χ2v) is 6.13. The summed E-state index contributed by atoms with van der Waals surface area (Å²) in [6.07, 6.45) is 8.44. The largest absolute Gasteiger partial charge is 0.271 e. The van der Waals surface area contributed by atoms with Gasteiger partial charge in [0.1, 0.15) is 0 Å². The summed E-state index contributed by atoms with van der Waals surface area (Å²) in [5.74, 6) is 7.40. The van der Waals surface area contributed by atoms with Crippen molar-refractivity contribution < 1.29 is 0 Å². The predicted molar refractivity (Wildman–Crippen MR) is 78.4 cm³/mol. The van der Waals surface area contributed by atoms with Gasteiger partial charge in [0.25, 0.3) is 0 Å². The van der Waals surface area contributed by atoms with Gasteiger partial charge in [0.2, 0.25) is 0 Å². The Bertz CT molecular complexity index is 377. The Balaban J connectivity index is 2.10. The zero-order valence-electron chi connectivity index (χ0n) is 12.5. The van der Waals surface area contributed by atoms with Crippen LogP contribution in [-0.4, -0.2) is 9.78 Å². The average Bonchev–Trinajstić information content (AvgIpc) is 2.90. The molecular weight excluding hydrogens is 236 g/mol. The van der Waals surface area contributed by atoms with Crippen molar-refractivity contribution in [1.29, 1.82) is 0 Å². The van der Waals surface area contributed by atoms with Gasteiger partial charge in [-0.05, 0) is 44.6 Å². The molecule has 1 unspecified atom stereocenters. The van der Waals surface area contributed by atoms with E-state index in [1.54, 1.807) is 0 Å². The maximum absolute atomic E-state index is 5.84. The molecule has 0 bridgehead atoms. The molecule has 1 atom stereocenters. The topological polar surface area (TPSA) is 55.9 Å². The number of hydrogen-bond donors (Lipinski definition) is 2. The fourth-order valence-electron chi connectivity index (χ4n) is 3.39. The summed E-state index contributed by atoms with van der Waals surface area (Å²) in [6.45, 7) is 6.63. The molecule has 1 aromatic heterocycles. The Morgan fingerprint density at radius 1 is 1.37 bits per heavy atom. The van der Waals surface area contributed by atoms with E-state index in [1.165, 1.54) is 37.8 Å². The summed E-state index contributed by atoms with van der Waals surface area (Å²) >= 11 is 0. The summed E-state index contributed by atoms with van der Waals surface area (Å²) in [5.41, 5.74) is 4.28. The second-order valence-electron chi connectivity index (χ2n) is 6.13. The third-order valence-corrected chi connectivity index (χ3v) is 4.63. The lowest BCUT2D eigenvalue weighted by Gasteiger charge is -2.33. The smallest absolute Gasteiger partial charge is 0.0657 e. The normalized spacial score (nSPS) is 25.7. The Labute approximate surface area is 116 Å². The average molecular weight is 264 g/mol. The van der Waals surface area contributed by atoms with Gasteiger partial charge in [-0.3, -0.25) is 16.0 Å². The highest BCUT2D eigenvalue weighted by molar-refractivity contribution is 5.09. The highest BCUT2D eigenvalue weighted by Crippen LogP contribution is 2.37. The number of rotatable bonds is 5. The van der Waals surface area contributed by atoms with E-state index in [0.717, 1.165) is 5.92 Å². The fraction of sp³-hybridized carbons (Fsp3) is 0.800. The van der Waals surface area contributed by atoms with E-state index >= 15 is 0 Å². The maximum atomic E-state index is 5.84.